The van der Waals surface area contributed by atoms with E-state index in [1.165, 1.54) is 0 Å². The molecule has 1 aromatic rings. The molecule has 1 aliphatic heterocycles. The molecule has 1 amide bonds. The fourth-order valence-corrected chi connectivity index (χ4v) is 1.85. The van der Waals surface area contributed by atoms with Crippen LogP contribution in [0.15, 0.2) is 18.2 Å². The van der Waals surface area contributed by atoms with Crippen molar-refractivity contribution in [2.24, 2.45) is 5.73 Å². The van der Waals surface area contributed by atoms with Gasteiger partial charge in [-0.25, -0.2) is 0 Å². The lowest BCUT2D eigenvalue weighted by Gasteiger charge is -2.29. The van der Waals surface area contributed by atoms with Gasteiger partial charge in [-0.2, -0.15) is 0 Å². The second-order valence-corrected chi connectivity index (χ2v) is 3.94. The highest BCUT2D eigenvalue weighted by molar-refractivity contribution is 5.97. The topological polar surface area (TPSA) is 55.6 Å². The summed E-state index contributed by atoms with van der Waals surface area (Å²) in [5.41, 5.74) is 7.66. The van der Waals surface area contributed by atoms with Gasteiger partial charge in [-0.15, -0.1) is 0 Å². The fourth-order valence-electron chi connectivity index (χ4n) is 1.85. The van der Waals surface area contributed by atoms with Gasteiger partial charge in [0.05, 0.1) is 5.69 Å². The van der Waals surface area contributed by atoms with Crippen molar-refractivity contribution >= 4 is 11.6 Å². The molecule has 4 heteroatoms. The first-order valence-corrected chi connectivity index (χ1v) is 5.46. The molecule has 16 heavy (non-hydrogen) atoms. The lowest BCUT2D eigenvalue weighted by atomic mass is 10.1. The van der Waals surface area contributed by atoms with Gasteiger partial charge in [0.1, 0.15) is 5.75 Å². The van der Waals surface area contributed by atoms with Crippen molar-refractivity contribution in [3.8, 4) is 5.75 Å². The van der Waals surface area contributed by atoms with E-state index in [0.29, 0.717) is 6.54 Å². The standard InChI is InChI=1S/C12H16N2O2/c1-3-14-10-6-9(8(2)13)4-5-11(10)16-7-12(14)15/h4-6,8H,3,7,13H2,1-2H3. The van der Waals surface area contributed by atoms with Crippen molar-refractivity contribution in [3.05, 3.63) is 23.8 Å². The Morgan fingerprint density at radius 3 is 2.94 bits per heavy atom. The Kier molecular flexibility index (Phi) is 2.83. The Balaban J connectivity index is 2.45. The summed E-state index contributed by atoms with van der Waals surface area (Å²) in [7, 11) is 0. The van der Waals surface area contributed by atoms with E-state index in [4.69, 9.17) is 10.5 Å². The minimum absolute atomic E-state index is 0.00294. The maximum absolute atomic E-state index is 11.6. The first-order chi connectivity index (χ1) is 7.63. The van der Waals surface area contributed by atoms with E-state index in [0.717, 1.165) is 17.0 Å². The first-order valence-electron chi connectivity index (χ1n) is 5.46. The maximum Gasteiger partial charge on any atom is 0.265 e. The summed E-state index contributed by atoms with van der Waals surface area (Å²) in [6.45, 7) is 4.64. The first kappa shape index (κ1) is 11.0. The minimum Gasteiger partial charge on any atom is -0.482 e. The van der Waals surface area contributed by atoms with Gasteiger partial charge in [-0.3, -0.25) is 4.79 Å². The monoisotopic (exact) mass is 220 g/mol. The normalized spacial score (nSPS) is 16.7. The van der Waals surface area contributed by atoms with Gasteiger partial charge in [-0.05, 0) is 31.5 Å². The van der Waals surface area contributed by atoms with Crippen LogP contribution >= 0.6 is 0 Å². The molecule has 0 saturated carbocycles. The van der Waals surface area contributed by atoms with Crippen LogP contribution in [0.25, 0.3) is 0 Å². The van der Waals surface area contributed by atoms with E-state index < -0.39 is 0 Å². The van der Waals surface area contributed by atoms with Gasteiger partial charge in [0, 0.05) is 12.6 Å². The molecular weight excluding hydrogens is 204 g/mol. The number of nitrogens with two attached hydrogens (primary N) is 1. The molecule has 0 spiro atoms. The Bertz CT molecular complexity index is 415. The number of fused-ring (bicyclic) bond motifs is 1. The number of anilines is 1. The summed E-state index contributed by atoms with van der Waals surface area (Å²) < 4.78 is 5.37. The van der Waals surface area contributed by atoms with E-state index in [2.05, 4.69) is 0 Å². The Morgan fingerprint density at radius 2 is 2.31 bits per heavy atom. The van der Waals surface area contributed by atoms with Gasteiger partial charge in [0.25, 0.3) is 5.91 Å². The SMILES string of the molecule is CCN1C(=O)COc2ccc(C(C)N)cc21. The predicted molar refractivity (Wildman–Crippen MR) is 62.6 cm³/mol. The number of rotatable bonds is 2. The smallest absolute Gasteiger partial charge is 0.265 e. The Hall–Kier alpha value is -1.55. The highest BCUT2D eigenvalue weighted by atomic mass is 16.5. The van der Waals surface area contributed by atoms with E-state index >= 15 is 0 Å². The highest BCUT2D eigenvalue weighted by Crippen LogP contribution is 2.33. The molecule has 0 aromatic heterocycles. The molecule has 1 aromatic carbocycles. The molecule has 0 fully saturated rings. The van der Waals surface area contributed by atoms with Gasteiger partial charge >= 0.3 is 0 Å². The fraction of sp³-hybridized carbons (Fsp3) is 0.417. The van der Waals surface area contributed by atoms with Crippen LogP contribution in [0.2, 0.25) is 0 Å². The number of amides is 1. The number of hydrogen-bond donors (Lipinski definition) is 1. The summed E-state index contributed by atoms with van der Waals surface area (Å²) >= 11 is 0. The molecule has 0 aliphatic carbocycles. The average Bonchev–Trinajstić information content (AvgIpc) is 2.28. The largest absolute Gasteiger partial charge is 0.482 e. The summed E-state index contributed by atoms with van der Waals surface area (Å²) in [6.07, 6.45) is 0. The maximum atomic E-state index is 11.6. The van der Waals surface area contributed by atoms with E-state index in [1.807, 2.05) is 32.0 Å². The second-order valence-electron chi connectivity index (χ2n) is 3.94. The molecule has 1 heterocycles. The van der Waals surface area contributed by atoms with E-state index in [-0.39, 0.29) is 18.6 Å². The number of ether oxygens (including phenoxy) is 1. The third-order valence-electron chi connectivity index (χ3n) is 2.77. The molecule has 1 aliphatic rings. The summed E-state index contributed by atoms with van der Waals surface area (Å²) in [6, 6.07) is 5.71. The van der Waals surface area contributed by atoms with Crippen LogP contribution in [0.1, 0.15) is 25.5 Å². The van der Waals surface area contributed by atoms with Crippen molar-refractivity contribution in [2.75, 3.05) is 18.1 Å². The van der Waals surface area contributed by atoms with Gasteiger partial charge in [0.2, 0.25) is 0 Å². The Morgan fingerprint density at radius 1 is 1.56 bits per heavy atom. The third kappa shape index (κ3) is 1.76. The summed E-state index contributed by atoms with van der Waals surface area (Å²) in [5, 5.41) is 0. The predicted octanol–water partition coefficient (Wildman–Crippen LogP) is 1.45. The number of nitrogens with zero attached hydrogens (tertiary/aromatic N) is 1. The zero-order valence-electron chi connectivity index (χ0n) is 9.56. The number of hydrogen-bond acceptors (Lipinski definition) is 3. The molecule has 0 saturated heterocycles. The molecule has 2 N–H and O–H groups in total. The van der Waals surface area contributed by atoms with E-state index in [1.54, 1.807) is 4.90 Å². The molecule has 1 unspecified atom stereocenters. The van der Waals surface area contributed by atoms with Gasteiger partial charge in [0.15, 0.2) is 6.61 Å². The number of benzene rings is 1. The van der Waals surface area contributed by atoms with Crippen LogP contribution in [-0.2, 0) is 4.79 Å². The van der Waals surface area contributed by atoms with Gasteiger partial charge < -0.3 is 15.4 Å². The van der Waals surface area contributed by atoms with Crippen molar-refractivity contribution < 1.29 is 9.53 Å². The van der Waals surface area contributed by atoms with Crippen LogP contribution in [0.3, 0.4) is 0 Å². The van der Waals surface area contributed by atoms with Crippen molar-refractivity contribution in [1.82, 2.24) is 0 Å². The molecule has 4 nitrogen and oxygen atoms in total. The molecule has 1 atom stereocenters. The quantitative estimate of drug-likeness (QED) is 0.820. The zero-order valence-corrected chi connectivity index (χ0v) is 9.56. The number of likely N-dealkylation sites (N-methyl/N-ethyl adjacent to an activating group) is 1. The Labute approximate surface area is 95.0 Å². The summed E-state index contributed by atoms with van der Waals surface area (Å²) in [4.78, 5) is 13.4. The lowest BCUT2D eigenvalue weighted by Crippen LogP contribution is -2.38. The third-order valence-corrected chi connectivity index (χ3v) is 2.77. The van der Waals surface area contributed by atoms with E-state index in [9.17, 15) is 4.79 Å². The van der Waals surface area contributed by atoms with Crippen LogP contribution in [0.5, 0.6) is 5.75 Å². The average molecular weight is 220 g/mol. The molecule has 0 radical (unpaired) electrons. The van der Waals surface area contributed by atoms with Gasteiger partial charge in [-0.1, -0.05) is 6.07 Å². The van der Waals surface area contributed by atoms with Crippen molar-refractivity contribution in [3.63, 3.8) is 0 Å². The number of carbonyl (C=O) groups excluding carboxylic acids is 1. The highest BCUT2D eigenvalue weighted by Gasteiger charge is 2.24. The molecule has 2 rings (SSSR count). The summed E-state index contributed by atoms with van der Waals surface area (Å²) in [5.74, 6) is 0.752. The molecular formula is C12H16N2O2. The van der Waals surface area contributed by atoms with Crippen LogP contribution in [-0.4, -0.2) is 19.1 Å². The van der Waals surface area contributed by atoms with Crippen LogP contribution in [0.4, 0.5) is 5.69 Å². The molecule has 86 valence electrons. The van der Waals surface area contributed by atoms with Crippen LogP contribution < -0.4 is 15.4 Å². The minimum atomic E-state index is -0.0407. The lowest BCUT2D eigenvalue weighted by molar-refractivity contribution is -0.121. The molecule has 0 bridgehead atoms. The van der Waals surface area contributed by atoms with Crippen molar-refractivity contribution in [1.29, 1.82) is 0 Å². The zero-order chi connectivity index (χ0) is 11.7. The van der Waals surface area contributed by atoms with Crippen LogP contribution in [0, 0.1) is 0 Å². The van der Waals surface area contributed by atoms with Crippen molar-refractivity contribution in [2.45, 2.75) is 19.9 Å². The number of carbonyl (C=O) groups is 1. The second kappa shape index (κ2) is 4.14.